The number of aliphatic hydroxyl groups excluding tert-OH is 1. The maximum Gasteiger partial charge on any atom is 0.373 e. The van der Waals surface area contributed by atoms with Gasteiger partial charge in [-0.3, -0.25) is 0 Å². The molecule has 3 nitrogen and oxygen atoms in total. The molecular formula is C23H37BrO3. The van der Waals surface area contributed by atoms with Gasteiger partial charge in [-0.1, -0.05) is 52.2 Å². The van der Waals surface area contributed by atoms with Gasteiger partial charge < -0.3 is 5.11 Å². The number of aliphatic hydroxyl groups is 1. The number of rotatable bonds is 3. The van der Waals surface area contributed by atoms with Crippen molar-refractivity contribution >= 4 is 22.1 Å². The lowest BCUT2D eigenvalue weighted by atomic mass is 9.98. The Kier molecular flexibility index (Phi) is 19.1. The van der Waals surface area contributed by atoms with Crippen LogP contribution in [0.2, 0.25) is 0 Å². The van der Waals surface area contributed by atoms with Gasteiger partial charge in [0, 0.05) is 5.33 Å². The van der Waals surface area contributed by atoms with E-state index in [9.17, 15) is 0 Å². The molecule has 3 rings (SSSR count). The third kappa shape index (κ3) is 15.8. The highest BCUT2D eigenvalue weighted by Gasteiger charge is 2.00. The minimum absolute atomic E-state index is 0.250. The first-order valence-corrected chi connectivity index (χ1v) is 11.5. The predicted molar refractivity (Wildman–Crippen MR) is 116 cm³/mol. The molecule has 0 saturated carbocycles. The van der Waals surface area contributed by atoms with Crippen LogP contribution in [0.1, 0.15) is 90.4 Å². The van der Waals surface area contributed by atoms with Gasteiger partial charge >= 0.3 is 6.15 Å². The van der Waals surface area contributed by atoms with Gasteiger partial charge in [0.05, 0.1) is 6.61 Å². The SMILES string of the molecule is BrCC1=CCCCC1.CCC1=CCCCC1.O=C=O.OCC1=CCCCC1. The van der Waals surface area contributed by atoms with E-state index in [4.69, 9.17) is 14.7 Å². The lowest BCUT2D eigenvalue weighted by molar-refractivity contribution is -0.191. The fourth-order valence-corrected chi connectivity index (χ4v) is 3.81. The Morgan fingerprint density at radius 3 is 1.41 bits per heavy atom. The van der Waals surface area contributed by atoms with E-state index >= 15 is 0 Å². The molecule has 0 atom stereocenters. The highest BCUT2D eigenvalue weighted by atomic mass is 79.9. The summed E-state index contributed by atoms with van der Waals surface area (Å²) in [5.74, 6) is 0. The average Bonchev–Trinajstić information content (AvgIpc) is 2.77. The molecule has 1 N–H and O–H groups in total. The summed E-state index contributed by atoms with van der Waals surface area (Å²) in [7, 11) is 0. The standard InChI is InChI=1S/C8H14.C7H11Br.C7H12O.CO2/c1-2-8-6-4-3-5-7-8;2*8-6-7-4-2-1-3-5-7;2-1-3/h6H,2-5,7H2,1H3;4H,1-3,5-6H2;4,8H,1-3,5-6H2;. The van der Waals surface area contributed by atoms with Crippen LogP contribution < -0.4 is 0 Å². The molecule has 3 aliphatic rings. The topological polar surface area (TPSA) is 54.4 Å². The van der Waals surface area contributed by atoms with Gasteiger partial charge in [0.15, 0.2) is 0 Å². The van der Waals surface area contributed by atoms with Gasteiger partial charge in [-0.2, -0.15) is 9.59 Å². The molecule has 0 aromatic carbocycles. The van der Waals surface area contributed by atoms with E-state index in [1.807, 2.05) is 0 Å². The molecule has 0 spiro atoms. The molecule has 4 heteroatoms. The summed E-state index contributed by atoms with van der Waals surface area (Å²) >= 11 is 3.44. The molecule has 0 saturated heterocycles. The molecule has 0 radical (unpaired) electrons. The first kappa shape index (κ1) is 26.0. The molecule has 3 aliphatic carbocycles. The second-order valence-electron chi connectivity index (χ2n) is 7.05. The number of halogens is 1. The molecule has 0 fully saturated rings. The highest BCUT2D eigenvalue weighted by molar-refractivity contribution is 9.09. The van der Waals surface area contributed by atoms with Crippen LogP contribution in [0.4, 0.5) is 0 Å². The zero-order chi connectivity index (χ0) is 20.2. The Labute approximate surface area is 174 Å². The average molecular weight is 441 g/mol. The van der Waals surface area contributed by atoms with Gasteiger partial charge in [0.2, 0.25) is 0 Å². The van der Waals surface area contributed by atoms with Crippen molar-refractivity contribution in [2.24, 2.45) is 0 Å². The van der Waals surface area contributed by atoms with Gasteiger partial charge in [-0.25, -0.2) is 0 Å². The molecule has 0 heterocycles. The molecule has 0 aromatic rings. The van der Waals surface area contributed by atoms with Gasteiger partial charge in [-0.05, 0) is 89.0 Å². The predicted octanol–water partition coefficient (Wildman–Crippen LogP) is 6.67. The lowest BCUT2D eigenvalue weighted by Crippen LogP contribution is -1.95. The molecule has 0 aromatic heterocycles. The van der Waals surface area contributed by atoms with Gasteiger partial charge in [-0.15, -0.1) is 0 Å². The monoisotopic (exact) mass is 440 g/mol. The summed E-state index contributed by atoms with van der Waals surface area (Å²) in [6.07, 6.45) is 24.3. The van der Waals surface area contributed by atoms with Crippen LogP contribution in [0, 0.1) is 0 Å². The van der Waals surface area contributed by atoms with Crippen molar-refractivity contribution in [2.45, 2.75) is 90.4 Å². The van der Waals surface area contributed by atoms with E-state index in [2.05, 4.69) is 41.1 Å². The summed E-state index contributed by atoms with van der Waals surface area (Å²) in [5, 5.41) is 9.71. The van der Waals surface area contributed by atoms with Crippen LogP contribution >= 0.6 is 15.9 Å². The van der Waals surface area contributed by atoms with Crippen molar-refractivity contribution in [3.05, 3.63) is 34.9 Å². The minimum Gasteiger partial charge on any atom is -0.392 e. The van der Waals surface area contributed by atoms with E-state index in [0.29, 0.717) is 0 Å². The van der Waals surface area contributed by atoms with Gasteiger partial charge in [0.25, 0.3) is 0 Å². The first-order valence-electron chi connectivity index (χ1n) is 10.4. The van der Waals surface area contributed by atoms with E-state index < -0.39 is 0 Å². The molecule has 0 unspecified atom stereocenters. The second-order valence-corrected chi connectivity index (χ2v) is 7.61. The third-order valence-electron chi connectivity index (χ3n) is 4.98. The van der Waals surface area contributed by atoms with E-state index in [-0.39, 0.29) is 12.8 Å². The van der Waals surface area contributed by atoms with Crippen LogP contribution in [0.25, 0.3) is 0 Å². The highest BCUT2D eigenvalue weighted by Crippen LogP contribution is 2.19. The summed E-state index contributed by atoms with van der Waals surface area (Å²) in [6.45, 7) is 2.52. The first-order chi connectivity index (χ1) is 13.2. The Morgan fingerprint density at radius 1 is 0.815 bits per heavy atom. The Balaban J connectivity index is 0.000000350. The Morgan fingerprint density at radius 2 is 1.22 bits per heavy atom. The minimum atomic E-state index is 0.250. The molecule has 0 amide bonds. The van der Waals surface area contributed by atoms with Crippen LogP contribution in [0.15, 0.2) is 34.9 Å². The quantitative estimate of drug-likeness (QED) is 0.393. The van der Waals surface area contributed by atoms with Crippen LogP contribution in [0.3, 0.4) is 0 Å². The summed E-state index contributed by atoms with van der Waals surface area (Å²) in [6, 6.07) is 0. The van der Waals surface area contributed by atoms with Crippen molar-refractivity contribution < 1.29 is 14.7 Å². The zero-order valence-corrected chi connectivity index (χ0v) is 18.6. The maximum atomic E-state index is 8.62. The molecule has 0 bridgehead atoms. The van der Waals surface area contributed by atoms with E-state index in [1.54, 1.807) is 11.1 Å². The molecular weight excluding hydrogens is 404 g/mol. The lowest BCUT2D eigenvalue weighted by Gasteiger charge is -2.08. The van der Waals surface area contributed by atoms with Gasteiger partial charge in [0.1, 0.15) is 0 Å². The van der Waals surface area contributed by atoms with Crippen molar-refractivity contribution in [2.75, 3.05) is 11.9 Å². The molecule has 0 aliphatic heterocycles. The number of hydrogen-bond donors (Lipinski definition) is 1. The number of hydrogen-bond acceptors (Lipinski definition) is 3. The van der Waals surface area contributed by atoms with Crippen molar-refractivity contribution in [3.8, 4) is 0 Å². The smallest absolute Gasteiger partial charge is 0.373 e. The van der Waals surface area contributed by atoms with Crippen LogP contribution in [-0.2, 0) is 9.59 Å². The summed E-state index contributed by atoms with van der Waals surface area (Å²) in [4.78, 5) is 16.2. The maximum absolute atomic E-state index is 8.62. The number of carbonyl (C=O) groups excluding carboxylic acids is 2. The second kappa shape index (κ2) is 19.8. The fraction of sp³-hybridized carbons (Fsp3) is 0.696. The normalized spacial score (nSPS) is 18.4. The van der Waals surface area contributed by atoms with Crippen molar-refractivity contribution in [3.63, 3.8) is 0 Å². The molecule has 154 valence electrons. The van der Waals surface area contributed by atoms with E-state index in [1.165, 1.54) is 82.6 Å². The van der Waals surface area contributed by atoms with Crippen molar-refractivity contribution in [1.82, 2.24) is 0 Å². The number of allylic oxidation sites excluding steroid dienone is 5. The Bertz CT molecular complexity index is 424. The summed E-state index contributed by atoms with van der Waals surface area (Å²) < 4.78 is 0. The van der Waals surface area contributed by atoms with E-state index in [0.717, 1.165) is 11.8 Å². The zero-order valence-electron chi connectivity index (χ0n) is 17.0. The summed E-state index contributed by atoms with van der Waals surface area (Å²) in [5.41, 5.74) is 4.50. The number of alkyl halides is 1. The largest absolute Gasteiger partial charge is 0.392 e. The fourth-order valence-electron chi connectivity index (χ4n) is 3.30. The van der Waals surface area contributed by atoms with Crippen molar-refractivity contribution in [1.29, 1.82) is 0 Å². The molecule has 27 heavy (non-hydrogen) atoms. The van der Waals surface area contributed by atoms with Crippen LogP contribution in [0.5, 0.6) is 0 Å². The van der Waals surface area contributed by atoms with Crippen LogP contribution in [-0.4, -0.2) is 23.2 Å². The third-order valence-corrected chi connectivity index (χ3v) is 5.70. The Hall–Kier alpha value is -0.960.